The van der Waals surface area contributed by atoms with E-state index in [1.807, 2.05) is 0 Å². The molecule has 0 unspecified atom stereocenters. The fourth-order valence-electron chi connectivity index (χ4n) is 3.09. The van der Waals surface area contributed by atoms with Crippen LogP contribution in [0.4, 0.5) is 0 Å². The Morgan fingerprint density at radius 2 is 1.79 bits per heavy atom. The predicted molar refractivity (Wildman–Crippen MR) is 102 cm³/mol. The Labute approximate surface area is 172 Å². The lowest BCUT2D eigenvalue weighted by Crippen LogP contribution is -2.49. The molecular formula is C17H16ClN3O6S2. The average Bonchev–Trinajstić information content (AvgIpc) is 3.08. The zero-order chi connectivity index (χ0) is 21.4. The van der Waals surface area contributed by atoms with Gasteiger partial charge in [-0.3, -0.25) is 0 Å². The van der Waals surface area contributed by atoms with Crippen LogP contribution in [0.5, 0.6) is 0 Å². The lowest BCUT2D eigenvalue weighted by Gasteiger charge is -2.26. The highest BCUT2D eigenvalue weighted by Crippen LogP contribution is 2.34. The molecular weight excluding hydrogens is 442 g/mol. The number of nitrogens with zero attached hydrogens (tertiary/aromatic N) is 3. The normalized spacial score (nSPS) is 23.0. The maximum Gasteiger partial charge on any atom is 0.244 e. The third-order valence-electron chi connectivity index (χ3n) is 4.70. The number of nitriles is 1. The Bertz CT molecular complexity index is 1160. The molecule has 1 aliphatic heterocycles. The number of hydrogen-bond donors (Lipinski definition) is 2. The van der Waals surface area contributed by atoms with Crippen LogP contribution < -0.4 is 0 Å². The molecule has 1 aromatic carbocycles. The molecule has 2 N–H and O–H groups in total. The third-order valence-corrected chi connectivity index (χ3v) is 9.01. The van der Waals surface area contributed by atoms with Gasteiger partial charge >= 0.3 is 0 Å². The van der Waals surface area contributed by atoms with Crippen molar-refractivity contribution in [3.63, 3.8) is 0 Å². The van der Waals surface area contributed by atoms with Crippen molar-refractivity contribution in [2.75, 3.05) is 19.7 Å². The molecule has 0 saturated carbocycles. The minimum atomic E-state index is -4.22. The maximum absolute atomic E-state index is 13.0. The Morgan fingerprint density at radius 1 is 1.17 bits per heavy atom. The number of halogens is 1. The highest BCUT2D eigenvalue weighted by molar-refractivity contribution is 7.92. The fraction of sp³-hybridized carbons (Fsp3) is 0.294. The Kier molecular flexibility index (Phi) is 5.70. The van der Waals surface area contributed by atoms with E-state index in [1.165, 1.54) is 36.4 Å². The molecule has 0 radical (unpaired) electrons. The van der Waals surface area contributed by atoms with Crippen LogP contribution in [0.25, 0.3) is 0 Å². The van der Waals surface area contributed by atoms with Gasteiger partial charge in [0.25, 0.3) is 0 Å². The molecule has 0 amide bonds. The van der Waals surface area contributed by atoms with Gasteiger partial charge in [0.1, 0.15) is 27.5 Å². The number of β-amino-alcohol motifs (C(OH)–C–C–N with tert-alkyl or cyclic N) is 1. The summed E-state index contributed by atoms with van der Waals surface area (Å²) in [7, 11) is -8.42. The first-order chi connectivity index (χ1) is 13.5. The number of pyridine rings is 1. The van der Waals surface area contributed by atoms with E-state index in [0.29, 0.717) is 5.02 Å². The number of sulfone groups is 1. The fourth-order valence-corrected chi connectivity index (χ4v) is 6.72. The lowest BCUT2D eigenvalue weighted by molar-refractivity contribution is 0.00160. The van der Waals surface area contributed by atoms with Crippen LogP contribution in [0.1, 0.15) is 5.69 Å². The van der Waals surface area contributed by atoms with Crippen molar-refractivity contribution in [2.45, 2.75) is 20.6 Å². The molecule has 9 nitrogen and oxygen atoms in total. The SMILES string of the molecule is N#Cc1ccc(S(=O)(=O)N2C[C@H](S(=O)(=O)c3ccc(Cl)cc3)[C@](O)(CO)C2)cn1. The van der Waals surface area contributed by atoms with E-state index >= 15 is 0 Å². The number of aliphatic hydroxyl groups excluding tert-OH is 1. The summed E-state index contributed by atoms with van der Waals surface area (Å²) in [5.74, 6) is 0. The molecule has 12 heteroatoms. The van der Waals surface area contributed by atoms with E-state index in [9.17, 15) is 27.0 Å². The number of aliphatic hydroxyl groups is 2. The summed E-state index contributed by atoms with van der Waals surface area (Å²) in [6.45, 7) is -2.14. The van der Waals surface area contributed by atoms with E-state index in [4.69, 9.17) is 16.9 Å². The second-order valence-corrected chi connectivity index (χ2v) is 11.0. The molecule has 0 spiro atoms. The molecule has 1 aromatic heterocycles. The van der Waals surface area contributed by atoms with Crippen molar-refractivity contribution in [3.05, 3.63) is 53.3 Å². The zero-order valence-corrected chi connectivity index (χ0v) is 17.2. The molecule has 3 rings (SSSR count). The van der Waals surface area contributed by atoms with E-state index in [-0.39, 0.29) is 15.5 Å². The molecule has 1 saturated heterocycles. The molecule has 2 heterocycles. The first-order valence-corrected chi connectivity index (χ1v) is 11.6. The van der Waals surface area contributed by atoms with Gasteiger partial charge in [-0.2, -0.15) is 9.57 Å². The van der Waals surface area contributed by atoms with Gasteiger partial charge in [0, 0.05) is 24.3 Å². The summed E-state index contributed by atoms with van der Waals surface area (Å²) in [5, 5.41) is 27.9. The summed E-state index contributed by atoms with van der Waals surface area (Å²) < 4.78 is 52.6. The van der Waals surface area contributed by atoms with Gasteiger partial charge in [-0.1, -0.05) is 11.6 Å². The second kappa shape index (κ2) is 7.64. The van der Waals surface area contributed by atoms with Crippen LogP contribution in [-0.2, 0) is 19.9 Å². The number of rotatable bonds is 5. The molecule has 1 fully saturated rings. The molecule has 2 aromatic rings. The number of aromatic nitrogens is 1. The van der Waals surface area contributed by atoms with Crippen molar-refractivity contribution >= 4 is 31.5 Å². The van der Waals surface area contributed by atoms with Crippen LogP contribution in [0.15, 0.2) is 52.4 Å². The van der Waals surface area contributed by atoms with Crippen LogP contribution in [0, 0.1) is 11.3 Å². The Morgan fingerprint density at radius 3 is 2.31 bits per heavy atom. The quantitative estimate of drug-likeness (QED) is 0.645. The largest absolute Gasteiger partial charge is 0.393 e. The van der Waals surface area contributed by atoms with E-state index in [1.54, 1.807) is 6.07 Å². The van der Waals surface area contributed by atoms with Gasteiger partial charge in [0.15, 0.2) is 9.84 Å². The first kappa shape index (κ1) is 21.6. The molecule has 154 valence electrons. The molecule has 2 atom stereocenters. The van der Waals surface area contributed by atoms with Crippen LogP contribution >= 0.6 is 11.6 Å². The average molecular weight is 458 g/mol. The van der Waals surface area contributed by atoms with Crippen LogP contribution in [-0.4, -0.2) is 66.9 Å². The minimum absolute atomic E-state index is 0.0143. The molecule has 0 aliphatic carbocycles. The smallest absolute Gasteiger partial charge is 0.244 e. The summed E-state index contributed by atoms with van der Waals surface area (Å²) in [4.78, 5) is 3.29. The summed E-state index contributed by atoms with van der Waals surface area (Å²) in [6, 6.07) is 9.36. The van der Waals surface area contributed by atoms with Crippen LogP contribution in [0.2, 0.25) is 5.02 Å². The second-order valence-electron chi connectivity index (χ2n) is 6.54. The monoisotopic (exact) mass is 457 g/mol. The van der Waals surface area contributed by atoms with Gasteiger partial charge < -0.3 is 10.2 Å². The summed E-state index contributed by atoms with van der Waals surface area (Å²) in [6.07, 6.45) is 0.979. The highest BCUT2D eigenvalue weighted by atomic mass is 35.5. The molecule has 29 heavy (non-hydrogen) atoms. The van der Waals surface area contributed by atoms with Crippen molar-refractivity contribution in [1.82, 2.24) is 9.29 Å². The van der Waals surface area contributed by atoms with Crippen molar-refractivity contribution in [1.29, 1.82) is 5.26 Å². The third kappa shape index (κ3) is 3.87. The summed E-state index contributed by atoms with van der Waals surface area (Å²) >= 11 is 5.78. The van der Waals surface area contributed by atoms with Gasteiger partial charge in [-0.25, -0.2) is 21.8 Å². The first-order valence-electron chi connectivity index (χ1n) is 8.23. The van der Waals surface area contributed by atoms with Crippen molar-refractivity contribution < 1.29 is 27.0 Å². The topological polar surface area (TPSA) is 149 Å². The number of sulfonamides is 1. The number of hydrogen-bond acceptors (Lipinski definition) is 8. The van der Waals surface area contributed by atoms with E-state index in [2.05, 4.69) is 4.98 Å². The highest BCUT2D eigenvalue weighted by Gasteiger charge is 2.55. The molecule has 1 aliphatic rings. The van der Waals surface area contributed by atoms with Gasteiger partial charge in [-0.05, 0) is 36.4 Å². The van der Waals surface area contributed by atoms with Gasteiger partial charge in [-0.15, -0.1) is 0 Å². The Hall–Kier alpha value is -2.07. The van der Waals surface area contributed by atoms with Gasteiger partial charge in [0.2, 0.25) is 10.0 Å². The van der Waals surface area contributed by atoms with Crippen LogP contribution in [0.3, 0.4) is 0 Å². The Balaban J connectivity index is 1.99. The molecule has 0 bridgehead atoms. The minimum Gasteiger partial charge on any atom is -0.393 e. The predicted octanol–water partition coefficient (Wildman–Crippen LogP) is 0.177. The van der Waals surface area contributed by atoms with Gasteiger partial charge in [0.05, 0.1) is 11.5 Å². The lowest BCUT2D eigenvalue weighted by atomic mass is 10.1. The van der Waals surface area contributed by atoms with E-state index < -0.39 is 50.4 Å². The zero-order valence-electron chi connectivity index (χ0n) is 14.8. The van der Waals surface area contributed by atoms with Crippen molar-refractivity contribution in [3.8, 4) is 6.07 Å². The summed E-state index contributed by atoms with van der Waals surface area (Å²) in [5.41, 5.74) is -2.19. The maximum atomic E-state index is 13.0. The van der Waals surface area contributed by atoms with Crippen molar-refractivity contribution in [2.24, 2.45) is 0 Å². The van der Waals surface area contributed by atoms with E-state index in [0.717, 1.165) is 10.5 Å². The standard InChI is InChI=1S/C17H16ClN3O6S2/c18-12-1-4-14(5-2-12)28(24,25)16-9-21(10-17(16,23)11-22)29(26,27)15-6-3-13(7-19)20-8-15/h1-6,8,16,22-23H,9-11H2/t16-,17+/m0/s1. The number of benzene rings is 1.